The van der Waals surface area contributed by atoms with Gasteiger partial charge >= 0.3 is 16.6 Å². The average molecular weight is 406 g/mol. The minimum atomic E-state index is -2.47. The summed E-state index contributed by atoms with van der Waals surface area (Å²) in [5.41, 5.74) is -0.681. The second-order valence-electron chi connectivity index (χ2n) is 6.18. The molecule has 0 radical (unpaired) electrons. The number of piperidine rings is 1. The third kappa shape index (κ3) is 5.66. The van der Waals surface area contributed by atoms with Crippen LogP contribution in [0.4, 0.5) is 4.79 Å². The van der Waals surface area contributed by atoms with Crippen LogP contribution in [-0.4, -0.2) is 49.3 Å². The summed E-state index contributed by atoms with van der Waals surface area (Å²) < 4.78 is 24.5. The van der Waals surface area contributed by atoms with Crippen molar-refractivity contribution in [1.82, 2.24) is 11.1 Å². The number of likely N-dealkylation sites (tertiary alicyclic amines) is 1. The smallest absolute Gasteiger partial charge is 0.407 e. The van der Waals surface area contributed by atoms with E-state index in [1.807, 2.05) is 0 Å². The molecule has 1 amide bonds. The summed E-state index contributed by atoms with van der Waals surface area (Å²) in [6.07, 6.45) is 0.966. The lowest BCUT2D eigenvalue weighted by Crippen LogP contribution is -2.47. The van der Waals surface area contributed by atoms with Crippen molar-refractivity contribution >= 4 is 28.2 Å². The molecule has 1 saturated heterocycles. The predicted octanol–water partition coefficient (Wildman–Crippen LogP) is 2.92. The van der Waals surface area contributed by atoms with Gasteiger partial charge in [0, 0.05) is 24.0 Å². The first kappa shape index (κ1) is 22.4. The fourth-order valence-electron chi connectivity index (χ4n) is 3.37. The number of halogens is 1. The highest BCUT2D eigenvalue weighted by molar-refractivity contribution is 7.61. The van der Waals surface area contributed by atoms with Crippen LogP contribution < -0.4 is 6.15 Å². The molecular formula is C16H24ClN3O5S. The number of aliphatic hydroxyl groups is 1. The van der Waals surface area contributed by atoms with Crippen LogP contribution in [0.15, 0.2) is 28.6 Å². The lowest BCUT2D eigenvalue weighted by molar-refractivity contribution is -0.0571. The minimum absolute atomic E-state index is 0. The molecule has 2 rings (SSSR count). The molecule has 0 aromatic heterocycles. The first-order chi connectivity index (χ1) is 11.8. The third-order valence-electron chi connectivity index (χ3n) is 4.60. The Bertz CT molecular complexity index is 750. The van der Waals surface area contributed by atoms with E-state index in [0.29, 0.717) is 36.4 Å². The Labute approximate surface area is 159 Å². The van der Waals surface area contributed by atoms with Crippen LogP contribution in [0.25, 0.3) is 0 Å². The van der Waals surface area contributed by atoms with Crippen LogP contribution in [0.3, 0.4) is 0 Å². The molecule has 1 fully saturated rings. The van der Waals surface area contributed by atoms with Crippen molar-refractivity contribution in [2.75, 3.05) is 19.6 Å². The van der Waals surface area contributed by atoms with Crippen molar-refractivity contribution < 1.29 is 23.4 Å². The maximum Gasteiger partial charge on any atom is 0.407 e. The molecule has 1 aliphatic rings. The third-order valence-corrected chi connectivity index (χ3v) is 5.23. The highest BCUT2D eigenvalue weighted by Gasteiger charge is 2.41. The highest BCUT2D eigenvalue weighted by Crippen LogP contribution is 2.40. The molecule has 1 aromatic carbocycles. The van der Waals surface area contributed by atoms with Gasteiger partial charge in [0.1, 0.15) is 0 Å². The van der Waals surface area contributed by atoms with Crippen LogP contribution in [0.2, 0.25) is 5.02 Å². The van der Waals surface area contributed by atoms with E-state index in [0.717, 1.165) is 0 Å². The lowest BCUT2D eigenvalue weighted by atomic mass is 9.74. The molecule has 1 aliphatic heterocycles. The monoisotopic (exact) mass is 405 g/mol. The van der Waals surface area contributed by atoms with Gasteiger partial charge in [0.05, 0.1) is 12.1 Å². The second-order valence-corrected chi connectivity index (χ2v) is 7.30. The summed E-state index contributed by atoms with van der Waals surface area (Å²) in [4.78, 5) is 12.6. The van der Waals surface area contributed by atoms with Gasteiger partial charge < -0.3 is 21.3 Å². The topological polar surface area (TPSA) is 142 Å². The van der Waals surface area contributed by atoms with Crippen molar-refractivity contribution in [3.8, 4) is 0 Å². The van der Waals surface area contributed by atoms with E-state index < -0.39 is 22.2 Å². The van der Waals surface area contributed by atoms with E-state index >= 15 is 0 Å². The van der Waals surface area contributed by atoms with Gasteiger partial charge in [-0.15, -0.1) is 0 Å². The van der Waals surface area contributed by atoms with E-state index in [4.69, 9.17) is 11.6 Å². The van der Waals surface area contributed by atoms with Gasteiger partial charge in [0.15, 0.2) is 0 Å². The van der Waals surface area contributed by atoms with Gasteiger partial charge in [-0.25, -0.2) is 4.79 Å². The summed E-state index contributed by atoms with van der Waals surface area (Å²) >= 11 is 6.06. The predicted molar refractivity (Wildman–Crippen MR) is 98.1 cm³/mol. The van der Waals surface area contributed by atoms with Gasteiger partial charge in [-0.2, -0.15) is 12.8 Å². The molecule has 0 bridgehead atoms. The Hall–Kier alpha value is -1.68. The number of carbonyl (C=O) groups is 1. The molecule has 0 saturated carbocycles. The molecule has 26 heavy (non-hydrogen) atoms. The molecule has 0 aliphatic carbocycles. The number of hydrogen-bond donors (Lipinski definition) is 3. The van der Waals surface area contributed by atoms with Crippen molar-refractivity contribution in [2.45, 2.75) is 31.3 Å². The number of benzene rings is 1. The standard InChI is InChI=1S/C16H21ClN2O5S.H3N/c17-14-6-1-4-12(10-14)16(22,7-3-8-18-25(23)24)13-5-2-9-19(11-13)15(20)21;/h1,4,6,10,13,22H,2-3,5,7-9,11H2,(H,20,21);1H3. The quantitative estimate of drug-likeness (QED) is 0.621. The molecule has 2 atom stereocenters. The van der Waals surface area contributed by atoms with Crippen LogP contribution in [0.5, 0.6) is 0 Å². The molecule has 0 spiro atoms. The zero-order valence-corrected chi connectivity index (χ0v) is 15.9. The second kappa shape index (κ2) is 9.86. The normalized spacial score (nSPS) is 19.2. The zero-order chi connectivity index (χ0) is 18.4. The van der Waals surface area contributed by atoms with Gasteiger partial charge in [0.25, 0.3) is 0 Å². The van der Waals surface area contributed by atoms with Crippen LogP contribution in [0.1, 0.15) is 31.2 Å². The maximum atomic E-state index is 11.4. The summed E-state index contributed by atoms with van der Waals surface area (Å²) in [5, 5.41) is 21.2. The molecule has 8 nitrogen and oxygen atoms in total. The van der Waals surface area contributed by atoms with Crippen molar-refractivity contribution in [3.05, 3.63) is 34.9 Å². The van der Waals surface area contributed by atoms with Crippen LogP contribution >= 0.6 is 11.6 Å². The van der Waals surface area contributed by atoms with Crippen LogP contribution in [-0.2, 0) is 16.1 Å². The number of nitrogens with zero attached hydrogens (tertiary/aromatic N) is 2. The number of hydrogen-bond acceptors (Lipinski definition) is 6. The van der Waals surface area contributed by atoms with Crippen molar-refractivity contribution in [3.63, 3.8) is 0 Å². The SMILES string of the molecule is N.O=C(O)N1CCCC(C(O)(CCCN=S(=O)=O)c2cccc(Cl)c2)C1. The lowest BCUT2D eigenvalue weighted by Gasteiger charge is -2.42. The molecule has 146 valence electrons. The Morgan fingerprint density at radius 3 is 2.77 bits per heavy atom. The summed E-state index contributed by atoms with van der Waals surface area (Å²) in [6.45, 7) is 0.749. The minimum Gasteiger partial charge on any atom is -0.465 e. The van der Waals surface area contributed by atoms with E-state index in [2.05, 4.69) is 4.36 Å². The summed E-state index contributed by atoms with van der Waals surface area (Å²) in [5.74, 6) is -0.298. The Kier molecular flexibility index (Phi) is 8.48. The van der Waals surface area contributed by atoms with Crippen molar-refractivity contribution in [1.29, 1.82) is 0 Å². The number of amides is 1. The Balaban J connectivity index is 0.00000338. The largest absolute Gasteiger partial charge is 0.465 e. The van der Waals surface area contributed by atoms with E-state index in [-0.39, 0.29) is 31.6 Å². The molecule has 1 heterocycles. The molecule has 5 N–H and O–H groups in total. The molecule has 10 heteroatoms. The maximum absolute atomic E-state index is 11.4. The molecule has 1 aromatic rings. The fourth-order valence-corrected chi connectivity index (χ4v) is 3.84. The van der Waals surface area contributed by atoms with Gasteiger partial charge in [0.2, 0.25) is 0 Å². The van der Waals surface area contributed by atoms with Gasteiger partial charge in [-0.3, -0.25) is 0 Å². The molecular weight excluding hydrogens is 382 g/mol. The number of carboxylic acid groups (broad SMARTS) is 1. The number of rotatable bonds is 6. The van der Waals surface area contributed by atoms with Crippen LogP contribution in [0, 0.1) is 5.92 Å². The van der Waals surface area contributed by atoms with Gasteiger partial charge in [-0.05, 0) is 43.4 Å². The van der Waals surface area contributed by atoms with E-state index in [1.165, 1.54) is 4.90 Å². The Morgan fingerprint density at radius 2 is 2.15 bits per heavy atom. The van der Waals surface area contributed by atoms with Crippen molar-refractivity contribution in [2.24, 2.45) is 10.3 Å². The zero-order valence-electron chi connectivity index (χ0n) is 14.3. The van der Waals surface area contributed by atoms with E-state index in [1.54, 1.807) is 24.3 Å². The first-order valence-electron chi connectivity index (χ1n) is 8.06. The summed E-state index contributed by atoms with van der Waals surface area (Å²) in [6, 6.07) is 6.86. The average Bonchev–Trinajstić information content (AvgIpc) is 2.58. The molecule has 2 unspecified atom stereocenters. The van der Waals surface area contributed by atoms with Gasteiger partial charge in [-0.1, -0.05) is 23.7 Å². The summed E-state index contributed by atoms with van der Waals surface area (Å²) in [7, 11) is -2.47. The fraction of sp³-hybridized carbons (Fsp3) is 0.562. The first-order valence-corrected chi connectivity index (χ1v) is 9.47. The van der Waals surface area contributed by atoms with E-state index in [9.17, 15) is 23.4 Å². The Morgan fingerprint density at radius 1 is 1.42 bits per heavy atom. The highest BCUT2D eigenvalue weighted by atomic mass is 35.5.